The second kappa shape index (κ2) is 16.1. The van der Waals surface area contributed by atoms with Crippen LogP contribution in [0.15, 0.2) is 133 Å². The predicted octanol–water partition coefficient (Wildman–Crippen LogP) is 17.5. The number of fused-ring (bicyclic) bond motifs is 9. The molecule has 4 heteroatoms. The zero-order valence-corrected chi connectivity index (χ0v) is 47.3. The highest BCUT2D eigenvalue weighted by Crippen LogP contribution is 2.55. The molecular weight excluding hydrogens is 912 g/mol. The van der Waals surface area contributed by atoms with Crippen molar-refractivity contribution < 1.29 is 0 Å². The molecule has 0 amide bonds. The van der Waals surface area contributed by atoms with Crippen LogP contribution in [-0.4, -0.2) is 6.71 Å². The van der Waals surface area contributed by atoms with Crippen LogP contribution in [0.2, 0.25) is 0 Å². The largest absolute Gasteiger partial charge is 0.338 e. The van der Waals surface area contributed by atoms with Crippen LogP contribution in [-0.2, 0) is 39.0 Å². The van der Waals surface area contributed by atoms with Crippen molar-refractivity contribution in [1.29, 1.82) is 0 Å². The molecule has 13 rings (SSSR count). The average molecular weight is 987 g/mol. The Bertz CT molecular complexity index is 3600. The molecule has 8 aromatic rings. The van der Waals surface area contributed by atoms with Gasteiger partial charge in [0.25, 0.3) is 6.71 Å². The summed E-state index contributed by atoms with van der Waals surface area (Å²) in [5.41, 5.74) is 27.0. The lowest BCUT2D eigenvalue weighted by atomic mass is 9.35. The van der Waals surface area contributed by atoms with E-state index >= 15 is 0 Å². The van der Waals surface area contributed by atoms with E-state index < -0.39 is 0 Å². The molecule has 2 nitrogen and oxygen atoms in total. The highest BCUT2D eigenvalue weighted by atomic mass is 32.1. The van der Waals surface area contributed by atoms with E-state index in [9.17, 15) is 0 Å². The van der Waals surface area contributed by atoms with E-state index in [4.69, 9.17) is 0 Å². The smallest absolute Gasteiger partial charge is 0.264 e. The van der Waals surface area contributed by atoms with E-state index in [0.717, 1.165) is 6.54 Å². The lowest BCUT2D eigenvalue weighted by Gasteiger charge is -2.47. The van der Waals surface area contributed by atoms with Gasteiger partial charge in [0.15, 0.2) is 0 Å². The molecule has 0 spiro atoms. The number of hydrogen-bond acceptors (Lipinski definition) is 3. The van der Waals surface area contributed by atoms with Gasteiger partial charge in [0.05, 0.1) is 5.69 Å². The maximum atomic E-state index is 2.80. The van der Waals surface area contributed by atoms with Crippen molar-refractivity contribution in [2.24, 2.45) is 0 Å². The van der Waals surface area contributed by atoms with Gasteiger partial charge in [-0.2, -0.15) is 0 Å². The molecule has 7 aromatic carbocycles. The Balaban J connectivity index is 1.12. The van der Waals surface area contributed by atoms with Gasteiger partial charge in [-0.15, -0.1) is 11.3 Å². The third kappa shape index (κ3) is 7.23. The monoisotopic (exact) mass is 987 g/mol. The second-order valence-electron chi connectivity index (χ2n) is 27.4. The topological polar surface area (TPSA) is 6.48 Å². The average Bonchev–Trinajstić information content (AvgIpc) is 3.76. The predicted molar refractivity (Wildman–Crippen MR) is 321 cm³/mol. The molecular formula is C70H75BN2S. The maximum absolute atomic E-state index is 2.80. The first kappa shape index (κ1) is 47.8. The van der Waals surface area contributed by atoms with Crippen LogP contribution < -0.4 is 25.5 Å². The minimum absolute atomic E-state index is 0.0525. The lowest BCUT2D eigenvalue weighted by Crippen LogP contribution is -2.61. The molecule has 3 aliphatic carbocycles. The Kier molecular flexibility index (Phi) is 10.4. The van der Waals surface area contributed by atoms with Crippen LogP contribution >= 0.6 is 11.3 Å². The summed E-state index contributed by atoms with van der Waals surface area (Å²) in [6, 6.07) is 52.8. The molecule has 74 heavy (non-hydrogen) atoms. The van der Waals surface area contributed by atoms with Crippen molar-refractivity contribution >= 4 is 72.3 Å². The van der Waals surface area contributed by atoms with Crippen molar-refractivity contribution in [3.8, 4) is 22.3 Å². The quantitative estimate of drug-likeness (QED) is 0.159. The molecule has 0 saturated carbocycles. The van der Waals surface area contributed by atoms with E-state index in [1.54, 1.807) is 0 Å². The second-order valence-corrected chi connectivity index (χ2v) is 28.5. The molecule has 0 bridgehead atoms. The summed E-state index contributed by atoms with van der Waals surface area (Å²) in [4.78, 5) is 5.50. The Hall–Kier alpha value is -5.84. The van der Waals surface area contributed by atoms with Crippen LogP contribution in [0.1, 0.15) is 166 Å². The van der Waals surface area contributed by atoms with Crippen molar-refractivity contribution in [2.75, 3.05) is 9.80 Å². The third-order valence-corrected chi connectivity index (χ3v) is 20.8. The van der Waals surface area contributed by atoms with Gasteiger partial charge in [-0.05, 0) is 204 Å². The van der Waals surface area contributed by atoms with E-state index in [0.29, 0.717) is 0 Å². The van der Waals surface area contributed by atoms with E-state index in [-0.39, 0.29) is 39.2 Å². The number of nitrogens with zero attached hydrogens (tertiary/aromatic N) is 2. The molecule has 0 fully saturated rings. The molecule has 0 radical (unpaired) electrons. The summed E-state index contributed by atoms with van der Waals surface area (Å²) >= 11 is 2.08. The molecule has 5 aliphatic rings. The minimum Gasteiger partial charge on any atom is -0.338 e. The fraction of sp³-hybridized carbons (Fsp3) is 0.371. The summed E-state index contributed by atoms with van der Waals surface area (Å²) in [5, 5.41) is 1.39. The van der Waals surface area contributed by atoms with E-state index in [2.05, 4.69) is 245 Å². The Morgan fingerprint density at radius 1 is 0.459 bits per heavy atom. The Morgan fingerprint density at radius 3 is 1.51 bits per heavy atom. The van der Waals surface area contributed by atoms with E-state index in [1.165, 1.54) is 160 Å². The first-order chi connectivity index (χ1) is 35.0. The fourth-order valence-electron chi connectivity index (χ4n) is 14.5. The molecule has 2 aliphatic heterocycles. The van der Waals surface area contributed by atoms with Gasteiger partial charge in [0.2, 0.25) is 0 Å². The third-order valence-electron chi connectivity index (χ3n) is 19.6. The van der Waals surface area contributed by atoms with Crippen molar-refractivity contribution in [1.82, 2.24) is 0 Å². The molecule has 374 valence electrons. The summed E-state index contributed by atoms with van der Waals surface area (Å²) in [6.07, 6.45) is 7.13. The summed E-state index contributed by atoms with van der Waals surface area (Å²) in [5.74, 6) is 0. The van der Waals surface area contributed by atoms with Crippen LogP contribution in [0.5, 0.6) is 0 Å². The van der Waals surface area contributed by atoms with Crippen LogP contribution in [0.3, 0.4) is 0 Å². The first-order valence-corrected chi connectivity index (χ1v) is 28.8. The zero-order valence-electron chi connectivity index (χ0n) is 46.5. The normalized spacial score (nSPS) is 19.7. The van der Waals surface area contributed by atoms with Gasteiger partial charge in [-0.25, -0.2) is 0 Å². The SMILES string of the molecule is Cc1cc2c3c(c1)N(c1ccc(-c4ccccc4)cc1)c1c(sc4cc5c(cc14)C(C)(C)CCC5(C)C)B3c1cc3c(cc1N2Cc1cc2c(cc1-c1ccccc1)C(C)(C)CCC2(C)C)C(C)(C)CCC3(C)C. The molecule has 0 saturated heterocycles. The molecule has 1 aromatic heterocycles. The minimum atomic E-state index is 0.0525. The van der Waals surface area contributed by atoms with Crippen molar-refractivity contribution in [3.63, 3.8) is 0 Å². The van der Waals surface area contributed by atoms with Gasteiger partial charge in [-0.1, -0.05) is 168 Å². The maximum Gasteiger partial charge on any atom is 0.264 e. The van der Waals surface area contributed by atoms with Gasteiger partial charge in [0, 0.05) is 44.2 Å². The summed E-state index contributed by atoms with van der Waals surface area (Å²) in [7, 11) is 0. The highest BCUT2D eigenvalue weighted by molar-refractivity contribution is 7.33. The van der Waals surface area contributed by atoms with Gasteiger partial charge >= 0.3 is 0 Å². The van der Waals surface area contributed by atoms with E-state index in [1.807, 2.05) is 0 Å². The Morgan fingerprint density at radius 2 is 0.932 bits per heavy atom. The number of hydrogen-bond donors (Lipinski definition) is 0. The van der Waals surface area contributed by atoms with Gasteiger partial charge in [0.1, 0.15) is 0 Å². The number of aryl methyl sites for hydroxylation is 1. The standard InChI is InChI=1S/C70H75BN2S/c1-43-34-59-62-60(35-43)73(48-26-24-45(25-27-48)44-20-16-14-17-21-44)63-50-38-53-56(70(12,13)33-30-67(53,6)7)41-61(50)74-64(63)71(62)57-39-54-55(69(10,11)32-31-68(54,8)9)40-58(57)72(59)42-47-36-51-52(66(4,5)29-28-65(51,2)3)37-49(47)46-22-18-15-19-23-46/h14-27,34-41H,28-33,42H2,1-13H3. The highest BCUT2D eigenvalue weighted by Gasteiger charge is 2.49. The van der Waals surface area contributed by atoms with Crippen LogP contribution in [0.25, 0.3) is 32.3 Å². The van der Waals surface area contributed by atoms with Crippen molar-refractivity contribution in [2.45, 2.75) is 168 Å². The first-order valence-electron chi connectivity index (χ1n) is 27.9. The van der Waals surface area contributed by atoms with Crippen LogP contribution in [0, 0.1) is 6.92 Å². The van der Waals surface area contributed by atoms with Crippen LogP contribution in [0.4, 0.5) is 28.4 Å². The lowest BCUT2D eigenvalue weighted by molar-refractivity contribution is 0.331. The molecule has 0 atom stereocenters. The molecule has 0 unspecified atom stereocenters. The fourth-order valence-corrected chi connectivity index (χ4v) is 15.9. The molecule has 3 heterocycles. The number of benzene rings is 7. The van der Waals surface area contributed by atoms with Gasteiger partial charge in [-0.3, -0.25) is 0 Å². The summed E-state index contributed by atoms with van der Waals surface area (Å²) in [6.45, 7) is 33.1. The van der Waals surface area contributed by atoms with Crippen molar-refractivity contribution in [3.05, 3.63) is 178 Å². The number of thiophene rings is 1. The van der Waals surface area contributed by atoms with Gasteiger partial charge < -0.3 is 9.80 Å². The Labute approximate surface area is 447 Å². The zero-order chi connectivity index (χ0) is 51.6. The number of rotatable bonds is 5. The summed E-state index contributed by atoms with van der Waals surface area (Å²) < 4.78 is 2.88. The molecule has 0 N–H and O–H groups in total. The number of anilines is 5.